The summed E-state index contributed by atoms with van der Waals surface area (Å²) in [5.74, 6) is -2.30. The summed E-state index contributed by atoms with van der Waals surface area (Å²) < 4.78 is 18.5. The summed E-state index contributed by atoms with van der Waals surface area (Å²) in [5.41, 5.74) is 0.811. The van der Waals surface area contributed by atoms with Crippen molar-refractivity contribution in [3.63, 3.8) is 0 Å². The molecule has 0 bridgehead atoms. The number of amides is 1. The van der Waals surface area contributed by atoms with E-state index in [1.807, 2.05) is 6.92 Å². The van der Waals surface area contributed by atoms with E-state index in [1.165, 1.54) is 24.3 Å². The fourth-order valence-electron chi connectivity index (χ4n) is 2.29. The van der Waals surface area contributed by atoms with Gasteiger partial charge in [-0.2, -0.15) is 0 Å². The van der Waals surface area contributed by atoms with Gasteiger partial charge in [0, 0.05) is 12.1 Å². The fraction of sp³-hybridized carbons (Fsp3) is 0.263. The number of ether oxygens (including phenoxy) is 1. The van der Waals surface area contributed by atoms with Gasteiger partial charge in [-0.3, -0.25) is 9.59 Å². The van der Waals surface area contributed by atoms with Crippen molar-refractivity contribution in [2.24, 2.45) is 0 Å². The number of rotatable bonds is 8. The third-order valence-electron chi connectivity index (χ3n) is 3.61. The summed E-state index contributed by atoms with van der Waals surface area (Å²) >= 11 is 0. The van der Waals surface area contributed by atoms with Crippen LogP contribution in [0, 0.1) is 5.82 Å². The van der Waals surface area contributed by atoms with Crippen LogP contribution in [-0.2, 0) is 4.79 Å². The van der Waals surface area contributed by atoms with Crippen molar-refractivity contribution in [2.45, 2.75) is 19.3 Å². The van der Waals surface area contributed by atoms with Crippen LogP contribution in [0.15, 0.2) is 48.5 Å². The van der Waals surface area contributed by atoms with Gasteiger partial charge in [0.25, 0.3) is 5.91 Å². The maximum Gasteiger partial charge on any atom is 0.312 e. The predicted octanol–water partition coefficient (Wildman–Crippen LogP) is 3.21. The second kappa shape index (κ2) is 8.82. The smallest absolute Gasteiger partial charge is 0.312 e. The Morgan fingerprint density at radius 1 is 1.20 bits per heavy atom. The number of benzene rings is 2. The number of carboxylic acids is 1. The first-order chi connectivity index (χ1) is 12.0. The van der Waals surface area contributed by atoms with Gasteiger partial charge in [-0.1, -0.05) is 25.1 Å². The molecule has 0 radical (unpaired) electrons. The van der Waals surface area contributed by atoms with Gasteiger partial charge in [0.15, 0.2) is 0 Å². The topological polar surface area (TPSA) is 75.6 Å². The van der Waals surface area contributed by atoms with Crippen molar-refractivity contribution in [3.05, 3.63) is 65.5 Å². The lowest BCUT2D eigenvalue weighted by molar-refractivity contribution is -0.138. The lowest BCUT2D eigenvalue weighted by atomic mass is 9.99. The van der Waals surface area contributed by atoms with Crippen LogP contribution in [0.3, 0.4) is 0 Å². The van der Waals surface area contributed by atoms with E-state index in [9.17, 15) is 19.1 Å². The van der Waals surface area contributed by atoms with Crippen molar-refractivity contribution in [1.82, 2.24) is 5.32 Å². The number of carboxylic acid groups (broad SMARTS) is 1. The van der Waals surface area contributed by atoms with Crippen molar-refractivity contribution in [1.29, 1.82) is 0 Å². The van der Waals surface area contributed by atoms with E-state index in [-0.39, 0.29) is 6.54 Å². The number of aliphatic carboxylic acids is 1. The predicted molar refractivity (Wildman–Crippen MR) is 91.3 cm³/mol. The first-order valence-corrected chi connectivity index (χ1v) is 8.00. The maximum absolute atomic E-state index is 13.0. The van der Waals surface area contributed by atoms with Crippen LogP contribution in [0.1, 0.15) is 35.2 Å². The summed E-state index contributed by atoms with van der Waals surface area (Å²) in [6.07, 6.45) is 0.856. The maximum atomic E-state index is 13.0. The molecule has 0 spiro atoms. The minimum Gasteiger partial charge on any atom is -0.494 e. The molecule has 1 unspecified atom stereocenters. The monoisotopic (exact) mass is 345 g/mol. The molecule has 2 rings (SSSR count). The van der Waals surface area contributed by atoms with E-state index in [4.69, 9.17) is 4.74 Å². The summed E-state index contributed by atoms with van der Waals surface area (Å²) in [7, 11) is 0. The molecular formula is C19H20FNO4. The summed E-state index contributed by atoms with van der Waals surface area (Å²) in [4.78, 5) is 23.7. The Kier molecular flexibility index (Phi) is 6.51. The first kappa shape index (κ1) is 18.4. The fourth-order valence-corrected chi connectivity index (χ4v) is 2.29. The van der Waals surface area contributed by atoms with Gasteiger partial charge < -0.3 is 15.2 Å². The van der Waals surface area contributed by atoms with Crippen LogP contribution in [0.4, 0.5) is 4.39 Å². The third kappa shape index (κ3) is 5.31. The molecule has 0 fully saturated rings. The zero-order valence-electron chi connectivity index (χ0n) is 13.9. The Labute approximate surface area is 145 Å². The molecule has 6 heteroatoms. The second-order valence-electron chi connectivity index (χ2n) is 5.53. The summed E-state index contributed by atoms with van der Waals surface area (Å²) in [5, 5.41) is 12.0. The molecule has 2 aromatic carbocycles. The molecule has 2 aromatic rings. The quantitative estimate of drug-likeness (QED) is 0.770. The largest absolute Gasteiger partial charge is 0.494 e. The average molecular weight is 345 g/mol. The second-order valence-corrected chi connectivity index (χ2v) is 5.53. The minimum absolute atomic E-state index is 0.0974. The van der Waals surface area contributed by atoms with Gasteiger partial charge in [-0.25, -0.2) is 4.39 Å². The highest BCUT2D eigenvalue weighted by atomic mass is 19.1. The van der Waals surface area contributed by atoms with E-state index in [2.05, 4.69) is 5.32 Å². The van der Waals surface area contributed by atoms with Crippen molar-refractivity contribution < 1.29 is 23.8 Å². The number of hydrogen-bond acceptors (Lipinski definition) is 3. The van der Waals surface area contributed by atoms with Gasteiger partial charge in [0.1, 0.15) is 11.6 Å². The van der Waals surface area contributed by atoms with Gasteiger partial charge in [-0.05, 0) is 42.3 Å². The van der Waals surface area contributed by atoms with Crippen molar-refractivity contribution in [2.75, 3.05) is 13.2 Å². The summed E-state index contributed by atoms with van der Waals surface area (Å²) in [6.45, 7) is 2.44. The van der Waals surface area contributed by atoms with Gasteiger partial charge in [0.05, 0.1) is 12.5 Å². The Hall–Kier alpha value is -2.89. The van der Waals surface area contributed by atoms with Gasteiger partial charge in [-0.15, -0.1) is 0 Å². The average Bonchev–Trinajstić information content (AvgIpc) is 2.61. The molecule has 0 aliphatic carbocycles. The van der Waals surface area contributed by atoms with Crippen LogP contribution in [-0.4, -0.2) is 30.1 Å². The van der Waals surface area contributed by atoms with Crippen molar-refractivity contribution in [3.8, 4) is 5.75 Å². The van der Waals surface area contributed by atoms with E-state index in [0.29, 0.717) is 23.5 Å². The highest BCUT2D eigenvalue weighted by Gasteiger charge is 2.21. The molecule has 0 aliphatic rings. The number of carbonyl (C=O) groups excluding carboxylic acids is 1. The lowest BCUT2D eigenvalue weighted by Crippen LogP contribution is -2.31. The molecular weight excluding hydrogens is 325 g/mol. The third-order valence-corrected chi connectivity index (χ3v) is 3.61. The molecule has 1 atom stereocenters. The van der Waals surface area contributed by atoms with Gasteiger partial charge >= 0.3 is 5.97 Å². The molecule has 2 N–H and O–H groups in total. The van der Waals surface area contributed by atoms with Crippen LogP contribution in [0.5, 0.6) is 5.75 Å². The number of carbonyl (C=O) groups is 2. The van der Waals surface area contributed by atoms with E-state index < -0.39 is 23.6 Å². The zero-order valence-corrected chi connectivity index (χ0v) is 13.9. The zero-order chi connectivity index (χ0) is 18.2. The Bertz CT molecular complexity index is 730. The number of nitrogens with one attached hydrogen (secondary N) is 1. The summed E-state index contributed by atoms with van der Waals surface area (Å²) in [6, 6.07) is 11.9. The standard InChI is InChI=1S/C19H20FNO4/c1-2-10-25-16-5-3-4-14(11-16)18(22)21-12-17(19(23)24)13-6-8-15(20)9-7-13/h3-9,11,17H,2,10,12H2,1H3,(H,21,22)(H,23,24). The minimum atomic E-state index is -1.09. The lowest BCUT2D eigenvalue weighted by Gasteiger charge is -2.14. The van der Waals surface area contributed by atoms with Crippen LogP contribution in [0.2, 0.25) is 0 Å². The van der Waals surface area contributed by atoms with Crippen LogP contribution in [0.25, 0.3) is 0 Å². The molecule has 25 heavy (non-hydrogen) atoms. The van der Waals surface area contributed by atoms with E-state index in [0.717, 1.165) is 6.42 Å². The van der Waals surface area contributed by atoms with Gasteiger partial charge in [0.2, 0.25) is 0 Å². The van der Waals surface area contributed by atoms with Crippen LogP contribution >= 0.6 is 0 Å². The van der Waals surface area contributed by atoms with E-state index >= 15 is 0 Å². The highest BCUT2D eigenvalue weighted by molar-refractivity contribution is 5.95. The molecule has 0 heterocycles. The molecule has 132 valence electrons. The molecule has 0 aliphatic heterocycles. The molecule has 0 aromatic heterocycles. The number of hydrogen-bond donors (Lipinski definition) is 2. The highest BCUT2D eigenvalue weighted by Crippen LogP contribution is 2.17. The number of halogens is 1. The molecule has 0 saturated carbocycles. The molecule has 1 amide bonds. The molecule has 5 nitrogen and oxygen atoms in total. The SMILES string of the molecule is CCCOc1cccc(C(=O)NCC(C(=O)O)c2ccc(F)cc2)c1. The first-order valence-electron chi connectivity index (χ1n) is 8.00. The van der Waals surface area contributed by atoms with Crippen LogP contribution < -0.4 is 10.1 Å². The normalized spacial score (nSPS) is 11.6. The van der Waals surface area contributed by atoms with E-state index in [1.54, 1.807) is 24.3 Å². The van der Waals surface area contributed by atoms with Crippen molar-refractivity contribution >= 4 is 11.9 Å². The Morgan fingerprint density at radius 3 is 2.56 bits per heavy atom. The molecule has 0 saturated heterocycles. The Morgan fingerprint density at radius 2 is 1.92 bits per heavy atom. The Balaban J connectivity index is 2.03.